The van der Waals surface area contributed by atoms with E-state index in [0.717, 1.165) is 17.9 Å². The van der Waals surface area contributed by atoms with Gasteiger partial charge in [-0.3, -0.25) is 0 Å². The summed E-state index contributed by atoms with van der Waals surface area (Å²) in [4.78, 5) is 10.7. The molecule has 0 spiro atoms. The summed E-state index contributed by atoms with van der Waals surface area (Å²) in [6.07, 6.45) is 0.939. The Hall–Kier alpha value is -1.69. The van der Waals surface area contributed by atoms with E-state index in [1.165, 1.54) is 0 Å². The monoisotopic (exact) mass is 266 g/mol. The second-order valence-electron chi connectivity index (χ2n) is 3.57. The smallest absolute Gasteiger partial charge is 0.434 e. The lowest BCUT2D eigenvalue weighted by Gasteiger charge is -2.04. The van der Waals surface area contributed by atoms with Crippen molar-refractivity contribution in [3.8, 4) is 5.75 Å². The molecule has 96 valence electrons. The highest BCUT2D eigenvalue weighted by Crippen LogP contribution is 2.11. The molecule has 0 saturated carbocycles. The first-order valence-corrected chi connectivity index (χ1v) is 6.80. The third kappa shape index (κ3) is 4.29. The van der Waals surface area contributed by atoms with Gasteiger partial charge >= 0.3 is 5.76 Å². The van der Waals surface area contributed by atoms with Crippen LogP contribution in [0.2, 0.25) is 0 Å². The maximum Gasteiger partial charge on any atom is 0.434 e. The molecule has 0 aliphatic rings. The number of H-pyrrole nitrogens is 1. The first-order valence-electron chi connectivity index (χ1n) is 5.64. The number of aromatic amines is 1. The maximum atomic E-state index is 10.7. The van der Waals surface area contributed by atoms with Crippen LogP contribution in [0.1, 0.15) is 12.3 Å². The van der Waals surface area contributed by atoms with Gasteiger partial charge in [0.25, 0.3) is 0 Å². The van der Waals surface area contributed by atoms with Crippen molar-refractivity contribution in [2.75, 3.05) is 12.4 Å². The predicted molar refractivity (Wildman–Crippen MR) is 69.8 cm³/mol. The van der Waals surface area contributed by atoms with Gasteiger partial charge in [-0.1, -0.05) is 18.2 Å². The minimum absolute atomic E-state index is 0.439. The van der Waals surface area contributed by atoms with Crippen molar-refractivity contribution in [1.29, 1.82) is 0 Å². The van der Waals surface area contributed by atoms with Crippen molar-refractivity contribution >= 4 is 11.8 Å². The molecule has 0 fully saturated rings. The Morgan fingerprint density at radius 3 is 2.89 bits per heavy atom. The number of nitrogens with zero attached hydrogens (tertiary/aromatic N) is 1. The van der Waals surface area contributed by atoms with Gasteiger partial charge in [-0.15, -0.1) is 5.10 Å². The first kappa shape index (κ1) is 12.8. The fraction of sp³-hybridized carbons (Fsp3) is 0.333. The minimum Gasteiger partial charge on any atom is -0.494 e. The van der Waals surface area contributed by atoms with Crippen LogP contribution in [0, 0.1) is 0 Å². The largest absolute Gasteiger partial charge is 0.494 e. The number of hydrogen-bond acceptors (Lipinski definition) is 5. The van der Waals surface area contributed by atoms with E-state index in [4.69, 9.17) is 9.15 Å². The summed E-state index contributed by atoms with van der Waals surface area (Å²) >= 11 is 1.66. The van der Waals surface area contributed by atoms with Crippen molar-refractivity contribution in [2.45, 2.75) is 12.2 Å². The van der Waals surface area contributed by atoms with Crippen LogP contribution in [-0.4, -0.2) is 22.6 Å². The fourth-order valence-corrected chi connectivity index (χ4v) is 2.11. The zero-order chi connectivity index (χ0) is 12.6. The van der Waals surface area contributed by atoms with Crippen molar-refractivity contribution in [3.05, 3.63) is 46.8 Å². The van der Waals surface area contributed by atoms with Crippen molar-refractivity contribution in [3.63, 3.8) is 0 Å². The van der Waals surface area contributed by atoms with E-state index in [1.54, 1.807) is 11.8 Å². The van der Waals surface area contributed by atoms with E-state index in [9.17, 15) is 4.79 Å². The molecule has 0 aliphatic carbocycles. The first-order chi connectivity index (χ1) is 8.84. The van der Waals surface area contributed by atoms with Gasteiger partial charge in [0.05, 0.1) is 12.4 Å². The molecule has 6 heteroatoms. The molecular formula is C12H14N2O3S. The second kappa shape index (κ2) is 6.90. The van der Waals surface area contributed by atoms with Gasteiger partial charge in [0.2, 0.25) is 5.89 Å². The molecule has 1 aromatic heterocycles. The van der Waals surface area contributed by atoms with Crippen LogP contribution in [0.5, 0.6) is 5.75 Å². The minimum atomic E-state index is -0.502. The van der Waals surface area contributed by atoms with Gasteiger partial charge in [0.1, 0.15) is 5.75 Å². The molecule has 0 aliphatic heterocycles. The van der Waals surface area contributed by atoms with Gasteiger partial charge in [0, 0.05) is 0 Å². The molecular weight excluding hydrogens is 252 g/mol. The van der Waals surface area contributed by atoms with Crippen LogP contribution in [0.3, 0.4) is 0 Å². The van der Waals surface area contributed by atoms with Gasteiger partial charge in [0.15, 0.2) is 0 Å². The maximum absolute atomic E-state index is 10.7. The average molecular weight is 266 g/mol. The van der Waals surface area contributed by atoms with Crippen LogP contribution in [-0.2, 0) is 5.75 Å². The van der Waals surface area contributed by atoms with E-state index in [2.05, 4.69) is 10.2 Å². The highest BCUT2D eigenvalue weighted by atomic mass is 32.2. The lowest BCUT2D eigenvalue weighted by Crippen LogP contribution is -1.98. The van der Waals surface area contributed by atoms with Crippen LogP contribution in [0.4, 0.5) is 0 Å². The van der Waals surface area contributed by atoms with Crippen molar-refractivity contribution < 1.29 is 9.15 Å². The molecule has 2 aromatic rings. The number of para-hydroxylation sites is 1. The van der Waals surface area contributed by atoms with Gasteiger partial charge in [-0.05, 0) is 24.3 Å². The summed E-state index contributed by atoms with van der Waals surface area (Å²) in [6, 6.07) is 9.73. The Morgan fingerprint density at radius 1 is 1.33 bits per heavy atom. The van der Waals surface area contributed by atoms with Gasteiger partial charge in [-0.25, -0.2) is 9.89 Å². The molecule has 0 unspecified atom stereocenters. The van der Waals surface area contributed by atoms with E-state index in [-0.39, 0.29) is 0 Å². The molecule has 0 saturated heterocycles. The van der Waals surface area contributed by atoms with Crippen LogP contribution in [0.15, 0.2) is 39.5 Å². The second-order valence-corrected chi connectivity index (χ2v) is 4.68. The summed E-state index contributed by atoms with van der Waals surface area (Å²) < 4.78 is 10.3. The van der Waals surface area contributed by atoms with Crippen LogP contribution in [0.25, 0.3) is 0 Å². The summed E-state index contributed by atoms with van der Waals surface area (Å²) in [5.74, 6) is 2.36. The summed E-state index contributed by atoms with van der Waals surface area (Å²) in [7, 11) is 0. The average Bonchev–Trinajstić information content (AvgIpc) is 2.81. The summed E-state index contributed by atoms with van der Waals surface area (Å²) in [6.45, 7) is 0.682. The Balaban J connectivity index is 1.55. The topological polar surface area (TPSA) is 68.1 Å². The zero-order valence-electron chi connectivity index (χ0n) is 9.80. The zero-order valence-corrected chi connectivity index (χ0v) is 10.6. The van der Waals surface area contributed by atoms with Gasteiger partial charge < -0.3 is 9.15 Å². The van der Waals surface area contributed by atoms with Gasteiger partial charge in [-0.2, -0.15) is 11.8 Å². The molecule has 0 atom stereocenters. The van der Waals surface area contributed by atoms with E-state index in [0.29, 0.717) is 18.3 Å². The van der Waals surface area contributed by atoms with E-state index in [1.807, 2.05) is 30.3 Å². The van der Waals surface area contributed by atoms with Crippen LogP contribution < -0.4 is 10.5 Å². The molecule has 5 nitrogen and oxygen atoms in total. The van der Waals surface area contributed by atoms with E-state index >= 15 is 0 Å². The highest BCUT2D eigenvalue weighted by molar-refractivity contribution is 7.98. The van der Waals surface area contributed by atoms with Crippen molar-refractivity contribution in [2.24, 2.45) is 0 Å². The number of benzene rings is 1. The fourth-order valence-electron chi connectivity index (χ4n) is 1.35. The lowest BCUT2D eigenvalue weighted by atomic mass is 10.3. The Labute approximate surface area is 109 Å². The standard InChI is InChI=1S/C12H14N2O3S/c15-12-14-13-11(17-12)9-18-8-4-7-16-10-5-2-1-3-6-10/h1-3,5-6H,4,7-9H2,(H,14,15). The molecule has 1 N–H and O–H groups in total. The molecule has 1 heterocycles. The third-order valence-electron chi connectivity index (χ3n) is 2.15. The van der Waals surface area contributed by atoms with Crippen molar-refractivity contribution in [1.82, 2.24) is 10.2 Å². The number of nitrogens with one attached hydrogen (secondary N) is 1. The number of hydrogen-bond donors (Lipinski definition) is 1. The molecule has 0 radical (unpaired) electrons. The number of rotatable bonds is 7. The predicted octanol–water partition coefficient (Wildman–Crippen LogP) is 2.07. The summed E-state index contributed by atoms with van der Waals surface area (Å²) in [5.41, 5.74) is 0. The Bertz CT molecular complexity index is 509. The van der Waals surface area contributed by atoms with Crippen LogP contribution >= 0.6 is 11.8 Å². The van der Waals surface area contributed by atoms with E-state index < -0.39 is 5.76 Å². The Kier molecular flexibility index (Phi) is 4.89. The molecule has 18 heavy (non-hydrogen) atoms. The number of aromatic nitrogens is 2. The number of thioether (sulfide) groups is 1. The molecule has 0 amide bonds. The third-order valence-corrected chi connectivity index (χ3v) is 3.18. The molecule has 1 aromatic carbocycles. The summed E-state index contributed by atoms with van der Waals surface area (Å²) in [5, 5.41) is 5.96. The quantitative estimate of drug-likeness (QED) is 0.777. The molecule has 0 bridgehead atoms. The SMILES string of the molecule is O=c1[nH]nc(CSCCCOc2ccccc2)o1. The normalized spacial score (nSPS) is 10.4. The Morgan fingerprint density at radius 2 is 2.17 bits per heavy atom. The number of ether oxygens (including phenoxy) is 1. The lowest BCUT2D eigenvalue weighted by molar-refractivity contribution is 0.318. The highest BCUT2D eigenvalue weighted by Gasteiger charge is 2.00. The molecule has 2 rings (SSSR count).